The highest BCUT2D eigenvalue weighted by Crippen LogP contribution is 2.50. The molecule has 0 heterocycles. The predicted octanol–water partition coefficient (Wildman–Crippen LogP) is 3.92. The smallest absolute Gasteiger partial charge is 0.324 e. The van der Waals surface area contributed by atoms with Crippen LogP contribution in [0, 0.1) is 34.5 Å². The lowest BCUT2D eigenvalue weighted by atomic mass is 9.79. The molecule has 0 spiro atoms. The topological polar surface area (TPSA) is 189 Å². The van der Waals surface area contributed by atoms with Crippen molar-refractivity contribution in [2.45, 2.75) is 124 Å². The number of rotatable bonds is 16. The molecular formula is C34H58N2O10. The lowest BCUT2D eigenvalue weighted by Gasteiger charge is -2.35. The molecule has 46 heavy (non-hydrogen) atoms. The van der Waals surface area contributed by atoms with Crippen molar-refractivity contribution in [2.75, 3.05) is 26.3 Å². The van der Waals surface area contributed by atoms with Crippen LogP contribution in [0.4, 0.5) is 0 Å². The number of aliphatic hydroxyl groups excluding tert-OH is 1. The number of amides is 1. The number of hydrogen-bond acceptors (Lipinski definition) is 9. The zero-order chi connectivity index (χ0) is 34.7. The first-order valence-corrected chi connectivity index (χ1v) is 17.0. The molecule has 2 bridgehead atoms. The van der Waals surface area contributed by atoms with Gasteiger partial charge in [0.05, 0.1) is 17.4 Å². The number of fused-ring (bicyclic) bond motifs is 2. The van der Waals surface area contributed by atoms with Crippen molar-refractivity contribution in [2.24, 2.45) is 34.5 Å². The Kier molecular flexibility index (Phi) is 14.9. The van der Waals surface area contributed by atoms with Gasteiger partial charge in [-0.25, -0.2) is 0 Å². The van der Waals surface area contributed by atoms with Crippen molar-refractivity contribution in [1.29, 1.82) is 0 Å². The van der Waals surface area contributed by atoms with Crippen molar-refractivity contribution in [3.05, 3.63) is 0 Å². The van der Waals surface area contributed by atoms with E-state index in [0.717, 1.165) is 51.4 Å². The number of ether oxygens (including phenoxy) is 2. The third-order valence-corrected chi connectivity index (χ3v) is 10.5. The highest BCUT2D eigenvalue weighted by atomic mass is 16.5. The number of hydrogen-bond donors (Lipinski definition) is 5. The summed E-state index contributed by atoms with van der Waals surface area (Å²) < 4.78 is 10.3. The molecule has 0 saturated heterocycles. The standard InChI is InChI=1S/2C17H29NO5/c1-4-16(2,3)15(22)23-10-13(19)9-18-17(14(20)21)8-11-5-6-12(17)7-11;1-4-17(2,3)16(22)23-11-10-18-14(19)13(15(20)21)12-8-6-5-7-9-12/h11-13,18-19H,4-10H2,1-3H3,(H,20,21);12-13H,4-11H2,1-3H3,(H,18,19)(H,20,21). The number of nitrogens with one attached hydrogen (secondary N) is 2. The fraction of sp³-hybridized carbons (Fsp3) is 0.853. The van der Waals surface area contributed by atoms with Crippen molar-refractivity contribution in [1.82, 2.24) is 10.6 Å². The minimum Gasteiger partial charge on any atom is -0.481 e. The first kappa shape index (κ1) is 39.4. The molecule has 3 fully saturated rings. The Bertz CT molecular complexity index is 1050. The summed E-state index contributed by atoms with van der Waals surface area (Å²) in [5.41, 5.74) is -2.04. The van der Waals surface area contributed by atoms with E-state index >= 15 is 0 Å². The first-order chi connectivity index (χ1) is 21.5. The molecule has 12 nitrogen and oxygen atoms in total. The van der Waals surface area contributed by atoms with Crippen LogP contribution in [0.5, 0.6) is 0 Å². The van der Waals surface area contributed by atoms with E-state index in [9.17, 15) is 39.3 Å². The first-order valence-electron chi connectivity index (χ1n) is 17.0. The summed E-state index contributed by atoms with van der Waals surface area (Å²) in [5.74, 6) is -3.51. The van der Waals surface area contributed by atoms with E-state index in [0.29, 0.717) is 25.2 Å². The van der Waals surface area contributed by atoms with Gasteiger partial charge in [0, 0.05) is 6.54 Å². The molecule has 3 rings (SSSR count). The Morgan fingerprint density at radius 1 is 0.870 bits per heavy atom. The summed E-state index contributed by atoms with van der Waals surface area (Å²) in [6.45, 7) is 11.2. The van der Waals surface area contributed by atoms with Crippen molar-refractivity contribution in [3.63, 3.8) is 0 Å². The van der Waals surface area contributed by atoms with Gasteiger partial charge in [0.15, 0.2) is 0 Å². The molecule has 3 saturated carbocycles. The molecular weight excluding hydrogens is 596 g/mol. The molecule has 1 amide bonds. The maximum absolute atomic E-state index is 12.1. The maximum Gasteiger partial charge on any atom is 0.324 e. The highest BCUT2D eigenvalue weighted by Gasteiger charge is 2.55. The van der Waals surface area contributed by atoms with Gasteiger partial charge in [0.2, 0.25) is 5.91 Å². The normalized spacial score (nSPS) is 24.2. The SMILES string of the molecule is CCC(C)(C)C(=O)OCC(O)CNC1(C(=O)O)CC2CCC1C2.CCC(C)(C)C(=O)OCCNC(=O)C(C(=O)O)C1CCCCC1. The van der Waals surface area contributed by atoms with E-state index < -0.39 is 46.2 Å². The number of carboxylic acids is 2. The third kappa shape index (κ3) is 10.7. The van der Waals surface area contributed by atoms with E-state index in [-0.39, 0.29) is 50.1 Å². The van der Waals surface area contributed by atoms with E-state index in [4.69, 9.17) is 9.47 Å². The molecule has 0 radical (unpaired) electrons. The van der Waals surface area contributed by atoms with E-state index in [1.165, 1.54) is 0 Å². The highest BCUT2D eigenvalue weighted by molar-refractivity contribution is 5.97. The minimum atomic E-state index is -1.07. The Labute approximate surface area is 273 Å². The second-order valence-corrected chi connectivity index (χ2v) is 14.6. The van der Waals surface area contributed by atoms with Gasteiger partial charge in [-0.05, 0) is 90.4 Å². The Morgan fingerprint density at radius 3 is 1.93 bits per heavy atom. The Balaban J connectivity index is 0.000000320. The molecule has 0 aromatic carbocycles. The van der Waals surface area contributed by atoms with E-state index in [1.807, 2.05) is 13.8 Å². The molecule has 264 valence electrons. The van der Waals surface area contributed by atoms with Crippen LogP contribution in [-0.2, 0) is 33.4 Å². The summed E-state index contributed by atoms with van der Waals surface area (Å²) >= 11 is 0. The van der Waals surface area contributed by atoms with Crippen LogP contribution >= 0.6 is 0 Å². The molecule has 0 aliphatic heterocycles. The van der Waals surface area contributed by atoms with Gasteiger partial charge in [0.1, 0.15) is 30.8 Å². The van der Waals surface area contributed by atoms with Crippen LogP contribution in [0.25, 0.3) is 0 Å². The number of aliphatic hydroxyl groups is 1. The van der Waals surface area contributed by atoms with Gasteiger partial charge in [-0.2, -0.15) is 0 Å². The number of carbonyl (C=O) groups is 5. The molecule has 0 aromatic heterocycles. The summed E-state index contributed by atoms with van der Waals surface area (Å²) in [6, 6.07) is 0. The van der Waals surface area contributed by atoms with Crippen molar-refractivity contribution in [3.8, 4) is 0 Å². The molecule has 3 aliphatic rings. The second kappa shape index (κ2) is 17.4. The van der Waals surface area contributed by atoms with Gasteiger partial charge in [0.25, 0.3) is 0 Å². The average Bonchev–Trinajstić information content (AvgIpc) is 3.64. The molecule has 3 aliphatic carbocycles. The maximum atomic E-state index is 12.1. The number of carbonyl (C=O) groups excluding carboxylic acids is 3. The van der Waals surface area contributed by atoms with Crippen LogP contribution < -0.4 is 10.6 Å². The fourth-order valence-corrected chi connectivity index (χ4v) is 6.52. The Hall–Kier alpha value is -2.73. The molecule has 5 N–H and O–H groups in total. The summed E-state index contributed by atoms with van der Waals surface area (Å²) in [7, 11) is 0. The monoisotopic (exact) mass is 654 g/mol. The van der Waals surface area contributed by atoms with Gasteiger partial charge in [-0.15, -0.1) is 0 Å². The third-order valence-electron chi connectivity index (χ3n) is 10.5. The molecule has 5 atom stereocenters. The summed E-state index contributed by atoms with van der Waals surface area (Å²) in [4.78, 5) is 59.0. The van der Waals surface area contributed by atoms with E-state index in [1.54, 1.807) is 27.7 Å². The van der Waals surface area contributed by atoms with Crippen molar-refractivity contribution >= 4 is 29.8 Å². The quantitative estimate of drug-likeness (QED) is 0.0922. The van der Waals surface area contributed by atoms with Crippen LogP contribution in [0.15, 0.2) is 0 Å². The summed E-state index contributed by atoms with van der Waals surface area (Å²) in [5, 5.41) is 34.6. The van der Waals surface area contributed by atoms with Gasteiger partial charge < -0.3 is 30.1 Å². The second-order valence-electron chi connectivity index (χ2n) is 14.6. The minimum absolute atomic E-state index is 0.0605. The predicted molar refractivity (Wildman–Crippen MR) is 171 cm³/mol. The van der Waals surface area contributed by atoms with Crippen LogP contribution in [-0.4, -0.2) is 83.1 Å². The average molecular weight is 655 g/mol. The number of aliphatic carboxylic acids is 2. The molecule has 12 heteroatoms. The van der Waals surface area contributed by atoms with Crippen LogP contribution in [0.2, 0.25) is 0 Å². The fourth-order valence-electron chi connectivity index (χ4n) is 6.52. The van der Waals surface area contributed by atoms with E-state index in [2.05, 4.69) is 10.6 Å². The zero-order valence-corrected chi connectivity index (χ0v) is 28.7. The lowest BCUT2D eigenvalue weighted by Crippen LogP contribution is -2.57. The molecule has 5 unspecified atom stereocenters. The molecule has 0 aromatic rings. The number of esters is 2. The van der Waals surface area contributed by atoms with Gasteiger partial charge >= 0.3 is 23.9 Å². The van der Waals surface area contributed by atoms with Gasteiger partial charge in [-0.1, -0.05) is 39.5 Å². The number of β-amino-alcohol motifs (C(OH)–C–C–N with tert-alkyl or cyclic N) is 1. The Morgan fingerprint density at radius 2 is 1.46 bits per heavy atom. The number of carboxylic acid groups (broad SMARTS) is 2. The lowest BCUT2D eigenvalue weighted by molar-refractivity contribution is -0.157. The van der Waals surface area contributed by atoms with Crippen molar-refractivity contribution < 1.29 is 48.8 Å². The van der Waals surface area contributed by atoms with Crippen LogP contribution in [0.1, 0.15) is 112 Å². The van der Waals surface area contributed by atoms with Gasteiger partial charge in [-0.3, -0.25) is 29.3 Å². The zero-order valence-electron chi connectivity index (χ0n) is 28.7. The van der Waals surface area contributed by atoms with Crippen LogP contribution in [0.3, 0.4) is 0 Å². The largest absolute Gasteiger partial charge is 0.481 e. The summed E-state index contributed by atoms with van der Waals surface area (Å²) in [6.07, 6.45) is 8.66.